The van der Waals surface area contributed by atoms with Gasteiger partial charge in [0.05, 0.1) is 19.8 Å². The molecule has 0 atom stereocenters. The molecule has 6 nitrogen and oxygen atoms in total. The molecule has 0 N–H and O–H groups in total. The maximum Gasteiger partial charge on any atom is 0.387 e. The summed E-state index contributed by atoms with van der Waals surface area (Å²) in [6, 6.07) is 0. The van der Waals surface area contributed by atoms with Crippen molar-refractivity contribution in [2.24, 2.45) is 0 Å². The Bertz CT molecular complexity index is 246. The molecule has 21 heavy (non-hydrogen) atoms. The van der Waals surface area contributed by atoms with Crippen molar-refractivity contribution in [1.82, 2.24) is 0 Å². The molecular formula is C14H27O6Si. The van der Waals surface area contributed by atoms with Gasteiger partial charge in [0.25, 0.3) is 0 Å². The van der Waals surface area contributed by atoms with Crippen LogP contribution in [0.15, 0.2) is 11.3 Å². The average molecular weight is 319 g/mol. The first kappa shape index (κ1) is 20.2. The SMILES string of the molecule is CCCCOOC([Si])=C(OOCCCC)OOCCCC. The summed E-state index contributed by atoms with van der Waals surface area (Å²) in [6.07, 6.45) is 5.70. The Balaban J connectivity index is 4.16. The minimum atomic E-state index is -0.0598. The maximum absolute atomic E-state index is 5.02. The summed E-state index contributed by atoms with van der Waals surface area (Å²) in [7, 11) is 3.21. The van der Waals surface area contributed by atoms with E-state index in [1.54, 1.807) is 0 Å². The maximum atomic E-state index is 5.02. The minimum Gasteiger partial charge on any atom is -0.341 e. The second-order valence-corrected chi connectivity index (χ2v) is 4.85. The predicted octanol–water partition coefficient (Wildman–Crippen LogP) is 3.53. The zero-order valence-electron chi connectivity index (χ0n) is 13.3. The molecule has 0 amide bonds. The van der Waals surface area contributed by atoms with E-state index in [9.17, 15) is 0 Å². The highest BCUT2D eigenvalue weighted by Crippen LogP contribution is 2.10. The Morgan fingerprint density at radius 2 is 1.05 bits per heavy atom. The number of rotatable bonds is 15. The van der Waals surface area contributed by atoms with Crippen molar-refractivity contribution in [2.45, 2.75) is 59.3 Å². The molecule has 0 aliphatic heterocycles. The number of hydrogen-bond acceptors (Lipinski definition) is 6. The number of unbranched alkanes of at least 4 members (excludes halogenated alkanes) is 3. The second kappa shape index (κ2) is 15.6. The molecule has 7 heteroatoms. The molecule has 0 saturated heterocycles. The van der Waals surface area contributed by atoms with Crippen molar-refractivity contribution in [3.8, 4) is 0 Å². The molecule has 123 valence electrons. The van der Waals surface area contributed by atoms with Gasteiger partial charge in [-0.3, -0.25) is 9.78 Å². The van der Waals surface area contributed by atoms with E-state index in [2.05, 4.69) is 31.0 Å². The van der Waals surface area contributed by atoms with Gasteiger partial charge in [-0.2, -0.15) is 14.7 Å². The molecule has 0 rings (SSSR count). The van der Waals surface area contributed by atoms with Gasteiger partial charge < -0.3 is 4.89 Å². The van der Waals surface area contributed by atoms with Crippen LogP contribution >= 0.6 is 0 Å². The average Bonchev–Trinajstić information content (AvgIpc) is 2.49. The first-order valence-electron chi connectivity index (χ1n) is 7.60. The highest BCUT2D eigenvalue weighted by Gasteiger charge is 2.12. The molecule has 0 fully saturated rings. The highest BCUT2D eigenvalue weighted by atomic mass is 28.1. The minimum absolute atomic E-state index is 0.0598. The summed E-state index contributed by atoms with van der Waals surface area (Å²) in [4.78, 5) is 30.1. The van der Waals surface area contributed by atoms with Gasteiger partial charge in [-0.15, -0.1) is 0 Å². The molecular weight excluding hydrogens is 292 g/mol. The van der Waals surface area contributed by atoms with Crippen molar-refractivity contribution in [2.75, 3.05) is 19.8 Å². The van der Waals surface area contributed by atoms with Crippen LogP contribution in [0.4, 0.5) is 0 Å². The van der Waals surface area contributed by atoms with Gasteiger partial charge in [0.2, 0.25) is 0 Å². The molecule has 0 saturated carbocycles. The van der Waals surface area contributed by atoms with E-state index >= 15 is 0 Å². The molecule has 0 aliphatic rings. The van der Waals surface area contributed by atoms with Gasteiger partial charge in [-0.05, 0) is 19.3 Å². The third-order valence-electron chi connectivity index (χ3n) is 2.34. The molecule has 0 aromatic heterocycles. The summed E-state index contributed by atoms with van der Waals surface area (Å²) in [6.45, 7) is 7.57. The largest absolute Gasteiger partial charge is 0.387 e. The molecule has 0 unspecified atom stereocenters. The van der Waals surface area contributed by atoms with Crippen LogP contribution < -0.4 is 0 Å². The van der Waals surface area contributed by atoms with Crippen molar-refractivity contribution >= 4 is 10.2 Å². The standard InChI is InChI=1S/C14H27O6Si/c1-4-7-10-15-18-13(19-16-11-8-5-2)14(21)20-17-12-9-6-3/h4-12H2,1-3H3. The molecule has 0 aromatic carbocycles. The van der Waals surface area contributed by atoms with Crippen LogP contribution in [0.5, 0.6) is 0 Å². The number of hydrogen-bond donors (Lipinski definition) is 0. The van der Waals surface area contributed by atoms with E-state index in [4.69, 9.17) is 29.3 Å². The van der Waals surface area contributed by atoms with E-state index in [1.807, 2.05) is 0 Å². The van der Waals surface area contributed by atoms with Gasteiger partial charge in [0.15, 0.2) is 5.38 Å². The zero-order chi connectivity index (χ0) is 15.8. The predicted molar refractivity (Wildman–Crippen MR) is 78.6 cm³/mol. The molecule has 0 bridgehead atoms. The Labute approximate surface area is 130 Å². The lowest BCUT2D eigenvalue weighted by atomic mass is 10.4. The van der Waals surface area contributed by atoms with Crippen LogP contribution in [0.2, 0.25) is 0 Å². The molecule has 0 aromatic rings. The van der Waals surface area contributed by atoms with Gasteiger partial charge in [-0.25, -0.2) is 0 Å². The Kier molecular flexibility index (Phi) is 15.1. The summed E-state index contributed by atoms with van der Waals surface area (Å²) < 4.78 is 0. The lowest BCUT2D eigenvalue weighted by Gasteiger charge is -2.12. The summed E-state index contributed by atoms with van der Waals surface area (Å²) in [5, 5.41) is 0.124. The van der Waals surface area contributed by atoms with E-state index < -0.39 is 0 Å². The van der Waals surface area contributed by atoms with Crippen molar-refractivity contribution < 1.29 is 29.3 Å². The fraction of sp³-hybridized carbons (Fsp3) is 0.857. The fourth-order valence-corrected chi connectivity index (χ4v) is 1.17. The fourth-order valence-electron chi connectivity index (χ4n) is 1.02. The molecule has 0 spiro atoms. The first-order valence-corrected chi connectivity index (χ1v) is 8.10. The Morgan fingerprint density at radius 3 is 1.43 bits per heavy atom. The van der Waals surface area contributed by atoms with Gasteiger partial charge in [0, 0.05) is 0 Å². The van der Waals surface area contributed by atoms with E-state index in [0.29, 0.717) is 19.8 Å². The van der Waals surface area contributed by atoms with Gasteiger partial charge in [-0.1, -0.05) is 40.0 Å². The molecule has 0 heterocycles. The van der Waals surface area contributed by atoms with Crippen LogP contribution in [-0.2, 0) is 29.3 Å². The van der Waals surface area contributed by atoms with Crippen LogP contribution in [0.3, 0.4) is 0 Å². The van der Waals surface area contributed by atoms with Crippen LogP contribution in [0.1, 0.15) is 59.3 Å². The van der Waals surface area contributed by atoms with Crippen LogP contribution in [-0.4, -0.2) is 30.1 Å². The molecule has 3 radical (unpaired) electrons. The quantitative estimate of drug-likeness (QED) is 0.151. The Hall–Kier alpha value is -0.763. The third kappa shape index (κ3) is 12.7. The first-order chi connectivity index (χ1) is 10.3. The molecule has 0 aliphatic carbocycles. The summed E-state index contributed by atoms with van der Waals surface area (Å²) in [5.41, 5.74) is 0. The van der Waals surface area contributed by atoms with Crippen molar-refractivity contribution in [1.29, 1.82) is 0 Å². The summed E-state index contributed by atoms with van der Waals surface area (Å²) in [5.74, 6) is -0.0598. The smallest absolute Gasteiger partial charge is 0.341 e. The third-order valence-corrected chi connectivity index (χ3v) is 2.63. The van der Waals surface area contributed by atoms with E-state index in [0.717, 1.165) is 38.5 Å². The Morgan fingerprint density at radius 1 is 0.667 bits per heavy atom. The second-order valence-electron chi connectivity index (χ2n) is 4.39. The monoisotopic (exact) mass is 319 g/mol. The van der Waals surface area contributed by atoms with Crippen LogP contribution in [0, 0.1) is 0 Å². The highest BCUT2D eigenvalue weighted by molar-refractivity contribution is 6.20. The van der Waals surface area contributed by atoms with Crippen LogP contribution in [0.25, 0.3) is 0 Å². The normalized spacial score (nSPS) is 10.3. The van der Waals surface area contributed by atoms with Crippen molar-refractivity contribution in [3.05, 3.63) is 11.3 Å². The van der Waals surface area contributed by atoms with E-state index in [-0.39, 0.29) is 11.3 Å². The summed E-state index contributed by atoms with van der Waals surface area (Å²) >= 11 is 0. The topological polar surface area (TPSA) is 55.4 Å². The zero-order valence-corrected chi connectivity index (χ0v) is 14.3. The lowest BCUT2D eigenvalue weighted by molar-refractivity contribution is -0.377. The van der Waals surface area contributed by atoms with Crippen molar-refractivity contribution in [3.63, 3.8) is 0 Å². The van der Waals surface area contributed by atoms with Gasteiger partial charge in [0.1, 0.15) is 10.2 Å². The van der Waals surface area contributed by atoms with Gasteiger partial charge >= 0.3 is 5.95 Å². The lowest BCUT2D eigenvalue weighted by Crippen LogP contribution is -2.09. The van der Waals surface area contributed by atoms with E-state index in [1.165, 1.54) is 0 Å².